The molecular formula is C16H25ClN2O2. The van der Waals surface area contributed by atoms with Crippen LogP contribution in [-0.4, -0.2) is 54.7 Å². The third kappa shape index (κ3) is 4.50. The Hall–Kier alpha value is -0.970. The van der Waals surface area contributed by atoms with Crippen LogP contribution in [0.4, 0.5) is 0 Å². The molecule has 5 heteroatoms. The molecule has 0 atom stereocenters. The molecule has 0 unspecified atom stereocenters. The maximum Gasteiger partial charge on any atom is 0.176 e. The van der Waals surface area contributed by atoms with Crippen molar-refractivity contribution in [1.82, 2.24) is 9.80 Å². The molecule has 2 rings (SSSR count). The van der Waals surface area contributed by atoms with Crippen molar-refractivity contribution in [3.63, 3.8) is 0 Å². The van der Waals surface area contributed by atoms with E-state index in [1.165, 1.54) is 6.54 Å². The predicted molar refractivity (Wildman–Crippen MR) is 86.2 cm³/mol. The van der Waals surface area contributed by atoms with Crippen LogP contribution in [0.25, 0.3) is 0 Å². The van der Waals surface area contributed by atoms with Crippen molar-refractivity contribution in [2.45, 2.75) is 20.4 Å². The van der Waals surface area contributed by atoms with Gasteiger partial charge < -0.3 is 14.7 Å². The lowest BCUT2D eigenvalue weighted by molar-refractivity contribution is 0.117. The Labute approximate surface area is 132 Å². The summed E-state index contributed by atoms with van der Waals surface area (Å²) in [5, 5.41) is 10.1. The van der Waals surface area contributed by atoms with Gasteiger partial charge in [-0.25, -0.2) is 0 Å². The first-order valence-corrected chi connectivity index (χ1v) is 7.87. The number of ether oxygens (including phenoxy) is 1. The summed E-state index contributed by atoms with van der Waals surface area (Å²) in [6, 6.07) is 3.68. The summed E-state index contributed by atoms with van der Waals surface area (Å²) in [6.07, 6.45) is 0. The molecule has 0 aliphatic carbocycles. The lowest BCUT2D eigenvalue weighted by Gasteiger charge is -2.35. The first-order chi connectivity index (χ1) is 9.99. The van der Waals surface area contributed by atoms with Crippen molar-refractivity contribution in [3.8, 4) is 11.5 Å². The Morgan fingerprint density at radius 3 is 2.38 bits per heavy atom. The van der Waals surface area contributed by atoms with E-state index in [-0.39, 0.29) is 5.75 Å². The molecule has 1 aromatic carbocycles. The standard InChI is InChI=1S/C16H25ClN2O2/c1-12(2)10-18-4-6-19(7-5-18)11-13-8-14(17)16(20)15(9-13)21-3/h8-9,12,20H,4-7,10-11H2,1-3H3. The van der Waals surface area contributed by atoms with Crippen LogP contribution < -0.4 is 4.74 Å². The van der Waals surface area contributed by atoms with E-state index >= 15 is 0 Å². The molecule has 1 fully saturated rings. The highest BCUT2D eigenvalue weighted by Crippen LogP contribution is 2.35. The van der Waals surface area contributed by atoms with Gasteiger partial charge in [0.2, 0.25) is 0 Å². The second-order valence-corrected chi connectivity index (χ2v) is 6.51. The van der Waals surface area contributed by atoms with Gasteiger partial charge in [0, 0.05) is 39.3 Å². The van der Waals surface area contributed by atoms with Crippen molar-refractivity contribution >= 4 is 11.6 Å². The fraction of sp³-hybridized carbons (Fsp3) is 0.625. The van der Waals surface area contributed by atoms with E-state index in [1.54, 1.807) is 7.11 Å². The monoisotopic (exact) mass is 312 g/mol. The number of halogens is 1. The average molecular weight is 313 g/mol. The number of piperazine rings is 1. The van der Waals surface area contributed by atoms with Gasteiger partial charge in [0.25, 0.3) is 0 Å². The first-order valence-electron chi connectivity index (χ1n) is 7.49. The molecule has 0 saturated carbocycles. The van der Waals surface area contributed by atoms with E-state index in [9.17, 15) is 5.11 Å². The third-order valence-corrected chi connectivity index (χ3v) is 4.09. The maximum absolute atomic E-state index is 9.77. The molecule has 1 aliphatic rings. The number of phenolic OH excluding ortho intramolecular Hbond substituents is 1. The first kappa shape index (κ1) is 16.4. The highest BCUT2D eigenvalue weighted by atomic mass is 35.5. The number of aromatic hydroxyl groups is 1. The molecular weight excluding hydrogens is 288 g/mol. The summed E-state index contributed by atoms with van der Waals surface area (Å²) >= 11 is 6.04. The van der Waals surface area contributed by atoms with Gasteiger partial charge in [0.1, 0.15) is 0 Å². The van der Waals surface area contributed by atoms with Gasteiger partial charge in [0.05, 0.1) is 12.1 Å². The molecule has 0 spiro atoms. The molecule has 4 nitrogen and oxygen atoms in total. The van der Waals surface area contributed by atoms with Crippen LogP contribution in [0.5, 0.6) is 11.5 Å². The topological polar surface area (TPSA) is 35.9 Å². The fourth-order valence-corrected chi connectivity index (χ4v) is 3.01. The zero-order valence-electron chi connectivity index (χ0n) is 13.1. The number of hydrogen-bond acceptors (Lipinski definition) is 4. The maximum atomic E-state index is 9.77. The minimum absolute atomic E-state index is 0.0182. The number of benzene rings is 1. The molecule has 1 N–H and O–H groups in total. The van der Waals surface area contributed by atoms with Gasteiger partial charge in [-0.3, -0.25) is 4.90 Å². The van der Waals surface area contributed by atoms with E-state index in [2.05, 4.69) is 23.6 Å². The smallest absolute Gasteiger partial charge is 0.176 e. The number of nitrogens with zero attached hydrogens (tertiary/aromatic N) is 2. The van der Waals surface area contributed by atoms with Crippen LogP contribution in [0.3, 0.4) is 0 Å². The number of rotatable bonds is 5. The lowest BCUT2D eigenvalue weighted by Crippen LogP contribution is -2.46. The Kier molecular flexibility index (Phi) is 5.73. The largest absolute Gasteiger partial charge is 0.503 e. The van der Waals surface area contributed by atoms with E-state index in [1.807, 2.05) is 12.1 Å². The van der Waals surface area contributed by atoms with E-state index < -0.39 is 0 Å². The molecule has 0 aromatic heterocycles. The molecule has 1 saturated heterocycles. The van der Waals surface area contributed by atoms with E-state index in [4.69, 9.17) is 16.3 Å². The normalized spacial score (nSPS) is 17.4. The number of hydrogen-bond donors (Lipinski definition) is 1. The molecule has 1 heterocycles. The SMILES string of the molecule is COc1cc(CN2CCN(CC(C)C)CC2)cc(Cl)c1O. The Morgan fingerprint density at radius 2 is 1.81 bits per heavy atom. The lowest BCUT2D eigenvalue weighted by atomic mass is 10.1. The van der Waals surface area contributed by atoms with Crippen LogP contribution >= 0.6 is 11.6 Å². The van der Waals surface area contributed by atoms with Crippen LogP contribution in [-0.2, 0) is 6.54 Å². The summed E-state index contributed by atoms with van der Waals surface area (Å²) in [6.45, 7) is 10.9. The second-order valence-electron chi connectivity index (χ2n) is 6.10. The number of phenols is 1. The predicted octanol–water partition coefficient (Wildman–Crippen LogP) is 2.83. The van der Waals surface area contributed by atoms with Gasteiger partial charge >= 0.3 is 0 Å². The minimum atomic E-state index is 0.0182. The molecule has 1 aliphatic heterocycles. The Bertz CT molecular complexity index is 472. The molecule has 118 valence electrons. The highest BCUT2D eigenvalue weighted by molar-refractivity contribution is 6.32. The fourth-order valence-electron chi connectivity index (χ4n) is 2.78. The van der Waals surface area contributed by atoms with E-state index in [0.717, 1.165) is 44.2 Å². The molecule has 0 bridgehead atoms. The number of methoxy groups -OCH3 is 1. The highest BCUT2D eigenvalue weighted by Gasteiger charge is 2.18. The van der Waals surface area contributed by atoms with Crippen LogP contribution in [0.2, 0.25) is 5.02 Å². The van der Waals surface area contributed by atoms with Crippen LogP contribution in [0.15, 0.2) is 12.1 Å². The van der Waals surface area contributed by atoms with Gasteiger partial charge in [-0.05, 0) is 23.6 Å². The zero-order valence-corrected chi connectivity index (χ0v) is 13.9. The van der Waals surface area contributed by atoms with Gasteiger partial charge in [-0.15, -0.1) is 0 Å². The summed E-state index contributed by atoms with van der Waals surface area (Å²) < 4.78 is 5.16. The van der Waals surface area contributed by atoms with Crippen molar-refractivity contribution in [1.29, 1.82) is 0 Å². The molecule has 0 radical (unpaired) electrons. The Balaban J connectivity index is 1.93. The van der Waals surface area contributed by atoms with Crippen molar-refractivity contribution in [3.05, 3.63) is 22.7 Å². The average Bonchev–Trinajstić information content (AvgIpc) is 2.44. The minimum Gasteiger partial charge on any atom is -0.503 e. The quantitative estimate of drug-likeness (QED) is 0.907. The summed E-state index contributed by atoms with van der Waals surface area (Å²) in [5.74, 6) is 1.18. The summed E-state index contributed by atoms with van der Waals surface area (Å²) in [5.41, 5.74) is 1.08. The van der Waals surface area contributed by atoms with Crippen molar-refractivity contribution < 1.29 is 9.84 Å². The van der Waals surface area contributed by atoms with Crippen LogP contribution in [0.1, 0.15) is 19.4 Å². The van der Waals surface area contributed by atoms with E-state index in [0.29, 0.717) is 10.8 Å². The second kappa shape index (κ2) is 7.34. The van der Waals surface area contributed by atoms with Gasteiger partial charge in [0.15, 0.2) is 11.5 Å². The van der Waals surface area contributed by atoms with Crippen molar-refractivity contribution in [2.75, 3.05) is 39.8 Å². The molecule has 21 heavy (non-hydrogen) atoms. The summed E-state index contributed by atoms with van der Waals surface area (Å²) in [7, 11) is 1.54. The zero-order chi connectivity index (χ0) is 15.4. The molecule has 0 amide bonds. The van der Waals surface area contributed by atoms with Crippen molar-refractivity contribution in [2.24, 2.45) is 5.92 Å². The third-order valence-electron chi connectivity index (χ3n) is 3.80. The van der Waals surface area contributed by atoms with Gasteiger partial charge in [-0.1, -0.05) is 25.4 Å². The molecule has 1 aromatic rings. The van der Waals surface area contributed by atoms with Gasteiger partial charge in [-0.2, -0.15) is 0 Å². The Morgan fingerprint density at radius 1 is 1.19 bits per heavy atom. The van der Waals surface area contributed by atoms with Crippen LogP contribution in [0, 0.1) is 5.92 Å². The summed E-state index contributed by atoms with van der Waals surface area (Å²) in [4.78, 5) is 4.94.